The van der Waals surface area contributed by atoms with Crippen LogP contribution < -0.4 is 5.32 Å². The molecule has 0 radical (unpaired) electrons. The predicted octanol–water partition coefficient (Wildman–Crippen LogP) is 4.80. The summed E-state index contributed by atoms with van der Waals surface area (Å²) < 4.78 is 13.0. The van der Waals surface area contributed by atoms with Crippen molar-refractivity contribution < 1.29 is 9.18 Å². The van der Waals surface area contributed by atoms with Crippen molar-refractivity contribution >= 4 is 28.6 Å². The number of halogens is 1. The summed E-state index contributed by atoms with van der Waals surface area (Å²) in [6, 6.07) is 5.20. The van der Waals surface area contributed by atoms with Crippen molar-refractivity contribution in [3.8, 4) is 10.0 Å². The molecule has 27 heavy (non-hydrogen) atoms. The number of nitrogens with one attached hydrogen (secondary N) is 1. The van der Waals surface area contributed by atoms with Crippen LogP contribution in [0.1, 0.15) is 40.8 Å². The molecule has 1 atom stereocenters. The van der Waals surface area contributed by atoms with Crippen molar-refractivity contribution in [3.05, 3.63) is 62.7 Å². The molecule has 2 aromatic heterocycles. The van der Waals surface area contributed by atoms with Gasteiger partial charge in [-0.1, -0.05) is 31.2 Å². The molecule has 1 aromatic carbocycles. The number of aromatic nitrogens is 2. The Morgan fingerprint density at radius 2 is 2.00 bits per heavy atom. The van der Waals surface area contributed by atoms with E-state index in [0.717, 1.165) is 5.56 Å². The van der Waals surface area contributed by atoms with Crippen molar-refractivity contribution in [3.63, 3.8) is 0 Å². The highest BCUT2D eigenvalue weighted by molar-refractivity contribution is 7.20. The highest BCUT2D eigenvalue weighted by Gasteiger charge is 2.28. The SMILES string of the molecule is CC(C)C(N=O)c1sc(-c2nccs2)nc1C(=O)NCc1ccc(F)cc1. The first-order valence-electron chi connectivity index (χ1n) is 8.25. The zero-order valence-corrected chi connectivity index (χ0v) is 16.3. The molecule has 1 N–H and O–H groups in total. The summed E-state index contributed by atoms with van der Waals surface area (Å²) in [4.78, 5) is 33.3. The normalized spacial score (nSPS) is 12.1. The summed E-state index contributed by atoms with van der Waals surface area (Å²) in [5.41, 5.74) is 0.946. The predicted molar refractivity (Wildman–Crippen MR) is 104 cm³/mol. The van der Waals surface area contributed by atoms with Gasteiger partial charge in [0.1, 0.15) is 17.6 Å². The first kappa shape index (κ1) is 19.2. The van der Waals surface area contributed by atoms with Crippen molar-refractivity contribution in [2.75, 3.05) is 0 Å². The number of carbonyl (C=O) groups excluding carboxylic acids is 1. The van der Waals surface area contributed by atoms with Gasteiger partial charge in [0, 0.05) is 18.1 Å². The van der Waals surface area contributed by atoms with Gasteiger partial charge in [0.2, 0.25) is 0 Å². The Kier molecular flexibility index (Phi) is 6.02. The first-order chi connectivity index (χ1) is 13.0. The van der Waals surface area contributed by atoms with Gasteiger partial charge in [-0.05, 0) is 23.6 Å². The molecule has 3 aromatic rings. The highest BCUT2D eigenvalue weighted by Crippen LogP contribution is 2.37. The summed E-state index contributed by atoms with van der Waals surface area (Å²) in [5.74, 6) is -0.810. The van der Waals surface area contributed by atoms with Gasteiger partial charge in [-0.3, -0.25) is 4.79 Å². The third-order valence-corrected chi connectivity index (χ3v) is 5.91. The first-order valence-corrected chi connectivity index (χ1v) is 9.95. The molecule has 2 heterocycles. The van der Waals surface area contributed by atoms with Crippen molar-refractivity contribution in [1.29, 1.82) is 0 Å². The topological polar surface area (TPSA) is 84.3 Å². The minimum atomic E-state index is -0.664. The molecule has 9 heteroatoms. The summed E-state index contributed by atoms with van der Waals surface area (Å²) >= 11 is 2.67. The fraction of sp³-hybridized carbons (Fsp3) is 0.278. The monoisotopic (exact) mass is 404 g/mol. The van der Waals surface area contributed by atoms with Gasteiger partial charge in [0.15, 0.2) is 10.0 Å². The van der Waals surface area contributed by atoms with Crippen LogP contribution in [-0.2, 0) is 6.54 Å². The number of benzene rings is 1. The number of carbonyl (C=O) groups is 1. The molecule has 0 spiro atoms. The zero-order chi connectivity index (χ0) is 19.4. The molecule has 0 saturated heterocycles. The van der Waals surface area contributed by atoms with Gasteiger partial charge in [-0.15, -0.1) is 22.7 Å². The molecular weight excluding hydrogens is 387 g/mol. The van der Waals surface area contributed by atoms with Gasteiger partial charge in [-0.2, -0.15) is 4.91 Å². The number of amides is 1. The number of hydrogen-bond acceptors (Lipinski definition) is 7. The Hall–Kier alpha value is -2.52. The molecule has 0 aliphatic heterocycles. The lowest BCUT2D eigenvalue weighted by Crippen LogP contribution is -2.25. The molecule has 1 unspecified atom stereocenters. The Bertz CT molecular complexity index is 924. The van der Waals surface area contributed by atoms with E-state index in [1.165, 1.54) is 34.8 Å². The Morgan fingerprint density at radius 3 is 2.59 bits per heavy atom. The van der Waals surface area contributed by atoms with E-state index in [2.05, 4.69) is 20.5 Å². The molecule has 0 saturated carbocycles. The van der Waals surface area contributed by atoms with E-state index in [4.69, 9.17) is 0 Å². The lowest BCUT2D eigenvalue weighted by Gasteiger charge is -2.12. The minimum Gasteiger partial charge on any atom is -0.347 e. The minimum absolute atomic E-state index is 0.0734. The van der Waals surface area contributed by atoms with Gasteiger partial charge >= 0.3 is 0 Å². The molecule has 3 rings (SSSR count). The maximum Gasteiger partial charge on any atom is 0.271 e. The van der Waals surface area contributed by atoms with Gasteiger partial charge in [0.25, 0.3) is 5.91 Å². The van der Waals surface area contributed by atoms with E-state index in [1.807, 2.05) is 19.2 Å². The molecule has 140 valence electrons. The quantitative estimate of drug-likeness (QED) is 0.573. The van der Waals surface area contributed by atoms with Crippen LogP contribution in [0, 0.1) is 16.6 Å². The maximum absolute atomic E-state index is 13.0. The second kappa shape index (κ2) is 8.45. The van der Waals surface area contributed by atoms with Crippen LogP contribution in [0.15, 0.2) is 41.0 Å². The zero-order valence-electron chi connectivity index (χ0n) is 14.7. The Morgan fingerprint density at radius 1 is 1.26 bits per heavy atom. The van der Waals surface area contributed by atoms with E-state index in [9.17, 15) is 14.1 Å². The second-order valence-electron chi connectivity index (χ2n) is 6.17. The lowest BCUT2D eigenvalue weighted by atomic mass is 10.0. The summed E-state index contributed by atoms with van der Waals surface area (Å²) in [6.07, 6.45) is 1.66. The standard InChI is InChI=1S/C18H17FN4O2S2/c1-10(2)13(23-25)15-14(22-18(27-15)17-20-7-8-26-17)16(24)21-9-11-3-5-12(19)6-4-11/h3-8,10,13H,9H2,1-2H3,(H,21,24). The largest absolute Gasteiger partial charge is 0.347 e. The average molecular weight is 404 g/mol. The van der Waals surface area contributed by atoms with Gasteiger partial charge in [-0.25, -0.2) is 14.4 Å². The molecule has 0 aliphatic carbocycles. The van der Waals surface area contributed by atoms with E-state index in [1.54, 1.807) is 18.3 Å². The van der Waals surface area contributed by atoms with Crippen LogP contribution in [0.2, 0.25) is 0 Å². The van der Waals surface area contributed by atoms with Crippen LogP contribution >= 0.6 is 22.7 Å². The van der Waals surface area contributed by atoms with E-state index in [0.29, 0.717) is 14.9 Å². The maximum atomic E-state index is 13.0. The van der Waals surface area contributed by atoms with Crippen LogP contribution in [0.25, 0.3) is 10.0 Å². The highest BCUT2D eigenvalue weighted by atomic mass is 32.1. The Labute approximate surface area is 163 Å². The number of nitrogens with zero attached hydrogens (tertiary/aromatic N) is 3. The van der Waals surface area contributed by atoms with Crippen LogP contribution in [0.3, 0.4) is 0 Å². The van der Waals surface area contributed by atoms with E-state index in [-0.39, 0.29) is 24.0 Å². The molecular formula is C18H17FN4O2S2. The average Bonchev–Trinajstić information content (AvgIpc) is 3.31. The van der Waals surface area contributed by atoms with E-state index < -0.39 is 11.9 Å². The fourth-order valence-corrected chi connectivity index (χ4v) is 4.40. The number of rotatable bonds is 7. The van der Waals surface area contributed by atoms with Crippen molar-refractivity contribution in [2.45, 2.75) is 26.4 Å². The molecule has 6 nitrogen and oxygen atoms in total. The van der Waals surface area contributed by atoms with Gasteiger partial charge < -0.3 is 5.32 Å². The number of thiazole rings is 2. The second-order valence-corrected chi connectivity index (χ2v) is 8.10. The Balaban J connectivity index is 1.88. The van der Waals surface area contributed by atoms with Crippen LogP contribution in [-0.4, -0.2) is 15.9 Å². The fourth-order valence-electron chi connectivity index (χ4n) is 2.46. The number of hydrogen-bond donors (Lipinski definition) is 1. The molecule has 0 fully saturated rings. The molecule has 0 aliphatic rings. The third-order valence-electron chi connectivity index (χ3n) is 3.86. The smallest absolute Gasteiger partial charge is 0.271 e. The van der Waals surface area contributed by atoms with Crippen molar-refractivity contribution in [1.82, 2.24) is 15.3 Å². The van der Waals surface area contributed by atoms with Crippen LogP contribution in [0.4, 0.5) is 4.39 Å². The van der Waals surface area contributed by atoms with Crippen LogP contribution in [0.5, 0.6) is 0 Å². The number of nitroso groups, excluding NO2 is 1. The van der Waals surface area contributed by atoms with Crippen molar-refractivity contribution in [2.24, 2.45) is 11.1 Å². The summed E-state index contributed by atoms with van der Waals surface area (Å²) in [7, 11) is 0. The lowest BCUT2D eigenvalue weighted by molar-refractivity contribution is 0.0945. The molecule has 1 amide bonds. The summed E-state index contributed by atoms with van der Waals surface area (Å²) in [5, 5.41) is 9.07. The summed E-state index contributed by atoms with van der Waals surface area (Å²) in [6.45, 7) is 3.97. The van der Waals surface area contributed by atoms with E-state index >= 15 is 0 Å². The van der Waals surface area contributed by atoms with Gasteiger partial charge in [0.05, 0.1) is 4.88 Å². The molecule has 0 bridgehead atoms. The third kappa shape index (κ3) is 4.42.